The Balaban J connectivity index is 1.40. The third-order valence-corrected chi connectivity index (χ3v) is 5.45. The Morgan fingerprint density at radius 1 is 1.17 bits per heavy atom. The van der Waals surface area contributed by atoms with Gasteiger partial charge in [0.15, 0.2) is 12.5 Å². The molecule has 1 unspecified atom stereocenters. The number of ether oxygens (including phenoxy) is 1. The lowest BCUT2D eigenvalue weighted by molar-refractivity contribution is -0.712. The Labute approximate surface area is 200 Å². The molecule has 0 radical (unpaired) electrons. The molecule has 0 fully saturated rings. The zero-order valence-electron chi connectivity index (χ0n) is 18.4. The van der Waals surface area contributed by atoms with Crippen LogP contribution in [0, 0.1) is 5.82 Å². The average Bonchev–Trinajstić information content (AvgIpc) is 3.26. The molecule has 0 aliphatic carbocycles. The predicted octanol–water partition coefficient (Wildman–Crippen LogP) is 2.39. The summed E-state index contributed by atoms with van der Waals surface area (Å²) in [4.78, 5) is 23.9. The third-order valence-electron chi connectivity index (χ3n) is 5.01. The molecule has 4 aromatic rings. The van der Waals surface area contributed by atoms with Crippen molar-refractivity contribution < 1.29 is 37.1 Å². The molecular formula is C23H22FN4O6P. The highest BCUT2D eigenvalue weighted by molar-refractivity contribution is 7.44. The summed E-state index contributed by atoms with van der Waals surface area (Å²) in [6.45, 7) is -0.139. The van der Waals surface area contributed by atoms with E-state index < -0.39 is 14.6 Å². The molecule has 3 aromatic heterocycles. The van der Waals surface area contributed by atoms with Gasteiger partial charge in [0.2, 0.25) is 5.88 Å². The van der Waals surface area contributed by atoms with E-state index in [9.17, 15) is 13.8 Å². The Morgan fingerprint density at radius 2 is 2.03 bits per heavy atom. The normalized spacial score (nSPS) is 12.9. The topological polar surface area (TPSA) is 148 Å². The number of nitrogens with zero attached hydrogens (tertiary/aromatic N) is 3. The molecule has 0 saturated carbocycles. The van der Waals surface area contributed by atoms with Gasteiger partial charge in [-0.15, -0.1) is 0 Å². The van der Waals surface area contributed by atoms with Crippen molar-refractivity contribution in [1.29, 1.82) is 0 Å². The summed E-state index contributed by atoms with van der Waals surface area (Å²) in [5, 5.41) is 4.08. The first-order chi connectivity index (χ1) is 16.8. The van der Waals surface area contributed by atoms with E-state index in [1.165, 1.54) is 22.9 Å². The van der Waals surface area contributed by atoms with Gasteiger partial charge in [-0.25, -0.2) is 13.9 Å². The van der Waals surface area contributed by atoms with Crippen LogP contribution in [-0.4, -0.2) is 21.6 Å². The van der Waals surface area contributed by atoms with E-state index in [4.69, 9.17) is 19.9 Å². The van der Waals surface area contributed by atoms with Gasteiger partial charge in [-0.05, 0) is 41.5 Å². The molecule has 182 valence electrons. The van der Waals surface area contributed by atoms with Gasteiger partial charge in [-0.2, -0.15) is 0 Å². The van der Waals surface area contributed by atoms with Crippen molar-refractivity contribution in [3.63, 3.8) is 0 Å². The number of nitrogen functional groups attached to an aromatic ring is 1. The van der Waals surface area contributed by atoms with Crippen molar-refractivity contribution in [3.05, 3.63) is 89.6 Å². The van der Waals surface area contributed by atoms with Crippen LogP contribution < -0.4 is 19.9 Å². The van der Waals surface area contributed by atoms with Gasteiger partial charge >= 0.3 is 0 Å². The van der Waals surface area contributed by atoms with E-state index in [0.717, 1.165) is 11.1 Å². The van der Waals surface area contributed by atoms with E-state index in [2.05, 4.69) is 14.7 Å². The number of rotatable bonds is 10. The lowest BCUT2D eigenvalue weighted by Gasteiger charge is -2.14. The van der Waals surface area contributed by atoms with E-state index in [-0.39, 0.29) is 11.6 Å². The number of hydrogen-bond donors (Lipinski definition) is 2. The third kappa shape index (κ3) is 6.93. The zero-order valence-corrected chi connectivity index (χ0v) is 19.3. The maximum absolute atomic E-state index is 13.3. The standard InChI is InChI=1S/C23H22FN4O6P/c24-18-4-1-3-16(11-18)7-10-32-22-13-17(6-8-26-22)12-19-14-21(34-27-19)20-5-2-9-28(23(20)25)15-33-35(29,30)31/h1-6,8-9,11,13-14,25H,7,10,12,15H2,(H2,29,30,31). The summed E-state index contributed by atoms with van der Waals surface area (Å²) in [5.74, 6) is 0.701. The molecule has 3 heterocycles. The second-order valence-electron chi connectivity index (χ2n) is 7.59. The Bertz CT molecular complexity index is 1360. The van der Waals surface area contributed by atoms with Crippen LogP contribution in [0.5, 0.6) is 5.88 Å². The second-order valence-corrected chi connectivity index (χ2v) is 8.79. The van der Waals surface area contributed by atoms with Crippen LogP contribution in [0.15, 0.2) is 71.5 Å². The van der Waals surface area contributed by atoms with Gasteiger partial charge in [0.1, 0.15) is 11.4 Å². The Morgan fingerprint density at radius 3 is 2.83 bits per heavy atom. The predicted molar refractivity (Wildman–Crippen MR) is 120 cm³/mol. The highest BCUT2D eigenvalue weighted by Crippen LogP contribution is 2.30. The molecule has 0 aliphatic heterocycles. The first-order valence-corrected chi connectivity index (χ1v) is 12.0. The molecule has 3 N–H and O–H groups in total. The molecular weight excluding hydrogens is 478 g/mol. The van der Waals surface area contributed by atoms with E-state index >= 15 is 0 Å². The molecule has 0 aliphatic rings. The quantitative estimate of drug-likeness (QED) is 0.247. The fraction of sp³-hybridized carbons (Fsp3) is 0.174. The van der Waals surface area contributed by atoms with Crippen molar-refractivity contribution in [2.24, 2.45) is 0 Å². The molecule has 1 aromatic carbocycles. The van der Waals surface area contributed by atoms with Gasteiger partial charge in [0, 0.05) is 31.2 Å². The number of nitrogens with two attached hydrogens (primary N) is 1. The van der Waals surface area contributed by atoms with Crippen LogP contribution in [0.1, 0.15) is 16.8 Å². The lowest BCUT2D eigenvalue weighted by atomic mass is 10.1. The molecule has 0 bridgehead atoms. The number of phosphoric ester groups is 1. The maximum atomic E-state index is 13.3. The van der Waals surface area contributed by atoms with E-state index in [1.807, 2.05) is 12.1 Å². The summed E-state index contributed by atoms with van der Waals surface area (Å²) < 4.78 is 41.0. The molecule has 4 rings (SSSR count). The first-order valence-electron chi connectivity index (χ1n) is 10.5. The van der Waals surface area contributed by atoms with Gasteiger partial charge in [-0.3, -0.25) is 14.8 Å². The number of aromatic nitrogens is 3. The number of pyridine rings is 2. The van der Waals surface area contributed by atoms with Crippen LogP contribution in [0.2, 0.25) is 0 Å². The van der Waals surface area contributed by atoms with Crippen LogP contribution in [0.25, 0.3) is 11.3 Å². The Hall–Kier alpha value is -3.63. The number of phosphoric acid groups is 1. The fourth-order valence-corrected chi connectivity index (χ4v) is 3.63. The van der Waals surface area contributed by atoms with Gasteiger partial charge in [0.05, 0.1) is 18.5 Å². The molecule has 1 atom stereocenters. The first kappa shape index (κ1) is 24.5. The monoisotopic (exact) mass is 500 g/mol. The molecule has 0 saturated heterocycles. The summed E-state index contributed by atoms with van der Waals surface area (Å²) >= 11 is 0. The minimum Gasteiger partial charge on any atom is -0.756 e. The fourth-order valence-electron chi connectivity index (χ4n) is 3.36. The van der Waals surface area contributed by atoms with Crippen LogP contribution >= 0.6 is 7.82 Å². The SMILES string of the molecule is Nc1c(-c2cc(Cc3ccnc(OCCc4cccc(F)c4)c3)no2)ccc[n+]1COP(=O)([O-])O. The summed E-state index contributed by atoms with van der Waals surface area (Å²) in [6.07, 6.45) is 4.11. The second kappa shape index (κ2) is 10.7. The summed E-state index contributed by atoms with van der Waals surface area (Å²) in [5.41, 5.74) is 8.93. The minimum absolute atomic E-state index is 0.168. The number of hydrogen-bond acceptors (Lipinski definition) is 8. The van der Waals surface area contributed by atoms with Gasteiger partial charge in [-0.1, -0.05) is 17.3 Å². The van der Waals surface area contributed by atoms with Gasteiger partial charge < -0.3 is 19.0 Å². The van der Waals surface area contributed by atoms with E-state index in [0.29, 0.717) is 42.3 Å². The number of benzene rings is 1. The molecule has 0 spiro atoms. The average molecular weight is 500 g/mol. The number of halogens is 1. The van der Waals surface area contributed by atoms with Gasteiger partial charge in [0.25, 0.3) is 13.6 Å². The van der Waals surface area contributed by atoms with Crippen molar-refractivity contribution in [3.8, 4) is 17.2 Å². The van der Waals surface area contributed by atoms with Crippen molar-refractivity contribution >= 4 is 13.6 Å². The zero-order chi connectivity index (χ0) is 24.8. The van der Waals surface area contributed by atoms with Crippen molar-refractivity contribution in [1.82, 2.24) is 10.1 Å². The van der Waals surface area contributed by atoms with Crippen molar-refractivity contribution in [2.45, 2.75) is 19.6 Å². The molecule has 12 heteroatoms. The maximum Gasteiger partial charge on any atom is 0.285 e. The smallest absolute Gasteiger partial charge is 0.285 e. The van der Waals surface area contributed by atoms with Crippen molar-refractivity contribution in [2.75, 3.05) is 12.3 Å². The molecule has 10 nitrogen and oxygen atoms in total. The summed E-state index contributed by atoms with van der Waals surface area (Å²) in [7, 11) is -4.89. The highest BCUT2D eigenvalue weighted by Gasteiger charge is 2.18. The summed E-state index contributed by atoms with van der Waals surface area (Å²) in [6, 6.07) is 15.0. The van der Waals surface area contributed by atoms with Crippen LogP contribution in [0.4, 0.5) is 10.2 Å². The molecule has 35 heavy (non-hydrogen) atoms. The molecule has 0 amide bonds. The van der Waals surface area contributed by atoms with Crippen LogP contribution in [0.3, 0.4) is 0 Å². The Kier molecular flexibility index (Phi) is 7.52. The highest BCUT2D eigenvalue weighted by atomic mass is 31.2. The largest absolute Gasteiger partial charge is 0.756 e. The number of anilines is 1. The lowest BCUT2D eigenvalue weighted by Crippen LogP contribution is -2.38. The minimum atomic E-state index is -4.89. The van der Waals surface area contributed by atoms with Crippen LogP contribution in [-0.2, 0) is 28.7 Å². The van der Waals surface area contributed by atoms with E-state index in [1.54, 1.807) is 36.5 Å².